The van der Waals surface area contributed by atoms with E-state index in [1.54, 1.807) is 0 Å². The van der Waals surface area contributed by atoms with Crippen molar-refractivity contribution in [2.75, 3.05) is 0 Å². The molecule has 0 aliphatic heterocycles. The van der Waals surface area contributed by atoms with Crippen LogP contribution in [0, 0.1) is 16.5 Å². The SMILES string of the molecule is C#Sc1ccc(-c2c3ccc(-c4ccccc4)cc3nc3c2ccc2ccccc23)cc1.CC(C)(C)C(C)(C)C. The van der Waals surface area contributed by atoms with Gasteiger partial charge in [-0.1, -0.05) is 133 Å². The van der Waals surface area contributed by atoms with Crippen LogP contribution in [0.4, 0.5) is 0 Å². The lowest BCUT2D eigenvalue weighted by atomic mass is 9.71. The van der Waals surface area contributed by atoms with Crippen LogP contribution in [-0.2, 0) is 0 Å². The van der Waals surface area contributed by atoms with Crippen LogP contribution < -0.4 is 0 Å². The molecule has 1 nitrogen and oxygen atoms in total. The third kappa shape index (κ3) is 5.52. The van der Waals surface area contributed by atoms with Gasteiger partial charge in [0, 0.05) is 26.6 Å². The predicted octanol–water partition coefficient (Wildman–Crippen LogP) is 11.6. The fourth-order valence-corrected chi connectivity index (χ4v) is 4.79. The number of hydrogen-bond donors (Lipinski definition) is 0. The molecule has 0 unspecified atom stereocenters. The lowest BCUT2D eigenvalue weighted by Gasteiger charge is -2.34. The van der Waals surface area contributed by atoms with E-state index in [0.717, 1.165) is 26.7 Å². The highest BCUT2D eigenvalue weighted by Gasteiger charge is 2.26. The van der Waals surface area contributed by atoms with Gasteiger partial charge in [-0.3, -0.25) is 0 Å². The van der Waals surface area contributed by atoms with Gasteiger partial charge >= 0.3 is 0 Å². The van der Waals surface area contributed by atoms with E-state index in [9.17, 15) is 0 Å². The van der Waals surface area contributed by atoms with Crippen LogP contribution in [0.15, 0.2) is 114 Å². The van der Waals surface area contributed by atoms with Crippen LogP contribution in [0.3, 0.4) is 0 Å². The van der Waals surface area contributed by atoms with E-state index in [1.807, 2.05) is 6.07 Å². The second-order valence-corrected chi connectivity index (χ2v) is 13.1. The van der Waals surface area contributed by atoms with Crippen LogP contribution in [0.25, 0.3) is 54.8 Å². The molecular weight excluding hydrogens is 502 g/mol. The molecule has 0 aliphatic rings. The van der Waals surface area contributed by atoms with Gasteiger partial charge in [-0.25, -0.2) is 4.98 Å². The number of nitrogens with zero attached hydrogens (tertiary/aromatic N) is 1. The molecular formula is C38H37NS. The first-order chi connectivity index (χ1) is 19.1. The van der Waals surface area contributed by atoms with E-state index in [0.29, 0.717) is 10.8 Å². The van der Waals surface area contributed by atoms with Gasteiger partial charge in [0.2, 0.25) is 0 Å². The number of aromatic nitrogens is 1. The van der Waals surface area contributed by atoms with Crippen molar-refractivity contribution >= 4 is 43.7 Å². The quantitative estimate of drug-likeness (QED) is 0.157. The minimum Gasteiger partial charge on any atom is -0.247 e. The summed E-state index contributed by atoms with van der Waals surface area (Å²) in [6.45, 7) is 13.6. The summed E-state index contributed by atoms with van der Waals surface area (Å²) in [5.74, 6) is 0. The third-order valence-electron chi connectivity index (χ3n) is 8.31. The molecule has 2 heteroatoms. The Bertz CT molecular complexity index is 1830. The molecule has 40 heavy (non-hydrogen) atoms. The minimum atomic E-state index is 0.437. The lowest BCUT2D eigenvalue weighted by molar-refractivity contribution is 0.157. The first kappa shape index (κ1) is 27.6. The first-order valence-electron chi connectivity index (χ1n) is 13.8. The van der Waals surface area contributed by atoms with Crippen molar-refractivity contribution in [1.82, 2.24) is 4.98 Å². The van der Waals surface area contributed by atoms with E-state index in [4.69, 9.17) is 10.7 Å². The molecule has 0 N–H and O–H groups in total. The molecule has 0 saturated carbocycles. The van der Waals surface area contributed by atoms with E-state index < -0.39 is 0 Å². The van der Waals surface area contributed by atoms with E-state index >= 15 is 0 Å². The second kappa shape index (κ2) is 10.9. The topological polar surface area (TPSA) is 12.9 Å². The number of hydrogen-bond acceptors (Lipinski definition) is 1. The van der Waals surface area contributed by atoms with Gasteiger partial charge in [0.05, 0.1) is 11.0 Å². The lowest BCUT2D eigenvalue weighted by Crippen LogP contribution is -2.25. The Morgan fingerprint density at radius 1 is 0.550 bits per heavy atom. The van der Waals surface area contributed by atoms with Crippen molar-refractivity contribution in [1.29, 1.82) is 0 Å². The average Bonchev–Trinajstić information content (AvgIpc) is 2.95. The summed E-state index contributed by atoms with van der Waals surface area (Å²) in [5, 5.41) is 4.69. The number of pyridine rings is 1. The standard InChI is InChI=1S/C30H19NS.C8H18/c1-32-24-15-11-22(12-16-24)29-26-17-14-23(20-7-3-2-4-8-20)19-28(26)31-30-25-10-6-5-9-21(25)13-18-27(29)30;1-7(2,3)8(4,5)6/h1-19H;1-6H3. The predicted molar refractivity (Wildman–Crippen MR) is 177 cm³/mol. The molecule has 0 saturated heterocycles. The van der Waals surface area contributed by atoms with Crippen LogP contribution in [0.5, 0.6) is 0 Å². The van der Waals surface area contributed by atoms with Gasteiger partial charge < -0.3 is 0 Å². The highest BCUT2D eigenvalue weighted by Crippen LogP contribution is 2.39. The van der Waals surface area contributed by atoms with Gasteiger partial charge in [0.1, 0.15) is 0 Å². The summed E-state index contributed by atoms with van der Waals surface area (Å²) in [6, 6.07) is 38.4. The van der Waals surface area contributed by atoms with Gasteiger partial charge in [-0.2, -0.15) is 0 Å². The second-order valence-electron chi connectivity index (χ2n) is 12.4. The van der Waals surface area contributed by atoms with E-state index in [1.165, 1.54) is 44.2 Å². The number of benzene rings is 5. The Hall–Kier alpha value is -3.97. The Labute approximate surface area is 242 Å². The van der Waals surface area contributed by atoms with Crippen LogP contribution in [0.1, 0.15) is 41.5 Å². The maximum Gasteiger partial charge on any atom is 0.0794 e. The molecule has 0 spiro atoms. The van der Waals surface area contributed by atoms with Gasteiger partial charge in [-0.05, 0) is 51.1 Å². The highest BCUT2D eigenvalue weighted by molar-refractivity contribution is 7.88. The Morgan fingerprint density at radius 3 is 1.80 bits per heavy atom. The molecule has 200 valence electrons. The Kier molecular flexibility index (Phi) is 7.51. The monoisotopic (exact) mass is 539 g/mol. The van der Waals surface area contributed by atoms with Crippen molar-refractivity contribution < 1.29 is 0 Å². The van der Waals surface area contributed by atoms with Crippen molar-refractivity contribution in [3.63, 3.8) is 0 Å². The van der Waals surface area contributed by atoms with Crippen molar-refractivity contribution in [3.8, 4) is 27.9 Å². The molecule has 5 aromatic carbocycles. The van der Waals surface area contributed by atoms with Crippen molar-refractivity contribution in [2.24, 2.45) is 10.8 Å². The van der Waals surface area contributed by atoms with Crippen LogP contribution in [0.2, 0.25) is 0 Å². The third-order valence-corrected chi connectivity index (χ3v) is 8.85. The Balaban J connectivity index is 0.000000355. The number of fused-ring (bicyclic) bond motifs is 4. The van der Waals surface area contributed by atoms with Gasteiger partial charge in [0.15, 0.2) is 0 Å². The summed E-state index contributed by atoms with van der Waals surface area (Å²) in [4.78, 5) is 6.24. The summed E-state index contributed by atoms with van der Waals surface area (Å²) < 4.78 is 0. The molecule has 0 radical (unpaired) electrons. The van der Waals surface area contributed by atoms with E-state index in [2.05, 4.69) is 145 Å². The molecule has 0 amide bonds. The number of rotatable bonds is 2. The van der Waals surface area contributed by atoms with Crippen molar-refractivity contribution in [3.05, 3.63) is 109 Å². The summed E-state index contributed by atoms with van der Waals surface area (Å²) >= 11 is 1.27. The summed E-state index contributed by atoms with van der Waals surface area (Å²) in [7, 11) is 0. The largest absolute Gasteiger partial charge is 0.247 e. The highest BCUT2D eigenvalue weighted by atomic mass is 32.1. The molecule has 6 rings (SSSR count). The molecule has 0 bridgehead atoms. The molecule has 1 heterocycles. The van der Waals surface area contributed by atoms with Gasteiger partial charge in [-0.15, -0.1) is 16.9 Å². The molecule has 6 aromatic rings. The normalized spacial score (nSPS) is 11.8. The van der Waals surface area contributed by atoms with Crippen molar-refractivity contribution in [2.45, 2.75) is 46.4 Å². The zero-order valence-electron chi connectivity index (χ0n) is 24.3. The zero-order chi connectivity index (χ0) is 28.5. The molecule has 1 aromatic heterocycles. The first-order valence-corrected chi connectivity index (χ1v) is 14.7. The molecule has 0 fully saturated rings. The smallest absolute Gasteiger partial charge is 0.0794 e. The summed E-state index contributed by atoms with van der Waals surface area (Å²) in [6.07, 6.45) is 0. The zero-order valence-corrected chi connectivity index (χ0v) is 25.1. The van der Waals surface area contributed by atoms with Crippen LogP contribution >= 0.6 is 11.2 Å². The maximum absolute atomic E-state index is 5.76. The van der Waals surface area contributed by atoms with E-state index in [-0.39, 0.29) is 0 Å². The van der Waals surface area contributed by atoms with Crippen LogP contribution in [-0.4, -0.2) is 4.98 Å². The van der Waals surface area contributed by atoms with Gasteiger partial charge in [0.25, 0.3) is 0 Å². The molecule has 0 atom stereocenters. The summed E-state index contributed by atoms with van der Waals surface area (Å²) in [5.41, 5.74) is 13.4. The maximum atomic E-state index is 5.76. The average molecular weight is 540 g/mol. The minimum absolute atomic E-state index is 0.437. The Morgan fingerprint density at radius 2 is 1.15 bits per heavy atom. The fraction of sp³-hybridized carbons (Fsp3) is 0.211. The molecule has 0 aliphatic carbocycles. The fourth-order valence-electron chi connectivity index (χ4n) is 4.50.